The molecule has 20 heavy (non-hydrogen) atoms. The van der Waals surface area contributed by atoms with Crippen LogP contribution >= 0.6 is 15.9 Å². The van der Waals surface area contributed by atoms with Gasteiger partial charge >= 0.3 is 0 Å². The van der Waals surface area contributed by atoms with Crippen molar-refractivity contribution >= 4 is 15.9 Å². The van der Waals surface area contributed by atoms with Crippen molar-refractivity contribution < 1.29 is 9.47 Å². The van der Waals surface area contributed by atoms with Crippen LogP contribution in [0.4, 0.5) is 0 Å². The van der Waals surface area contributed by atoms with Crippen LogP contribution in [0.3, 0.4) is 0 Å². The lowest BCUT2D eigenvalue weighted by Gasteiger charge is -2.32. The molecule has 1 aromatic carbocycles. The quantitative estimate of drug-likeness (QED) is 0.740. The Kier molecular flexibility index (Phi) is 6.33. The summed E-state index contributed by atoms with van der Waals surface area (Å²) in [6.45, 7) is 6.11. The number of ether oxygens (including phenoxy) is 2. The van der Waals surface area contributed by atoms with Gasteiger partial charge in [-0.2, -0.15) is 0 Å². The molecule has 0 radical (unpaired) electrons. The lowest BCUT2D eigenvalue weighted by Crippen LogP contribution is -2.36. The minimum Gasteiger partial charge on any atom is -0.496 e. The van der Waals surface area contributed by atoms with E-state index in [4.69, 9.17) is 9.47 Å². The summed E-state index contributed by atoms with van der Waals surface area (Å²) in [7, 11) is 1.74. The average molecular weight is 342 g/mol. The molecule has 0 saturated carbocycles. The Bertz CT molecular complexity index is 417. The van der Waals surface area contributed by atoms with E-state index in [1.807, 2.05) is 0 Å². The van der Waals surface area contributed by atoms with Crippen molar-refractivity contribution in [3.8, 4) is 5.75 Å². The van der Waals surface area contributed by atoms with Crippen LogP contribution in [0.2, 0.25) is 0 Å². The molecule has 0 amide bonds. The molecular formula is C16H24BrNO2. The van der Waals surface area contributed by atoms with Gasteiger partial charge in [0.05, 0.1) is 19.8 Å². The maximum Gasteiger partial charge on any atom is 0.123 e. The Balaban J connectivity index is 1.87. The van der Waals surface area contributed by atoms with Gasteiger partial charge in [0.25, 0.3) is 0 Å². The highest BCUT2D eigenvalue weighted by Crippen LogP contribution is 2.23. The number of methoxy groups -OCH3 is 1. The van der Waals surface area contributed by atoms with E-state index in [1.54, 1.807) is 7.11 Å². The number of hydrogen-bond donors (Lipinski definition) is 0. The van der Waals surface area contributed by atoms with Gasteiger partial charge in [-0.25, -0.2) is 0 Å². The molecule has 4 heteroatoms. The maximum atomic E-state index is 5.80. The third kappa shape index (κ3) is 4.47. The Morgan fingerprint density at radius 3 is 2.70 bits per heavy atom. The fraction of sp³-hybridized carbons (Fsp3) is 0.625. The monoisotopic (exact) mass is 341 g/mol. The van der Waals surface area contributed by atoms with E-state index in [2.05, 4.69) is 46.0 Å². The third-order valence-electron chi connectivity index (χ3n) is 3.80. The number of hydrogen-bond acceptors (Lipinski definition) is 3. The molecule has 1 aliphatic heterocycles. The first kappa shape index (κ1) is 15.8. The molecule has 0 unspecified atom stereocenters. The van der Waals surface area contributed by atoms with Gasteiger partial charge in [0, 0.05) is 30.5 Å². The molecule has 0 atom stereocenters. The zero-order chi connectivity index (χ0) is 14.4. The summed E-state index contributed by atoms with van der Waals surface area (Å²) in [4.78, 5) is 2.49. The van der Waals surface area contributed by atoms with Crippen LogP contribution in [-0.2, 0) is 11.3 Å². The summed E-state index contributed by atoms with van der Waals surface area (Å²) < 4.78 is 11.3. The fourth-order valence-electron chi connectivity index (χ4n) is 2.72. The summed E-state index contributed by atoms with van der Waals surface area (Å²) >= 11 is 3.41. The van der Waals surface area contributed by atoms with Crippen molar-refractivity contribution in [1.82, 2.24) is 4.90 Å². The van der Waals surface area contributed by atoms with Crippen molar-refractivity contribution in [3.63, 3.8) is 0 Å². The van der Waals surface area contributed by atoms with E-state index in [9.17, 15) is 0 Å². The first-order valence-electron chi connectivity index (χ1n) is 7.26. The van der Waals surface area contributed by atoms with Gasteiger partial charge in [0.2, 0.25) is 0 Å². The van der Waals surface area contributed by atoms with E-state index >= 15 is 0 Å². The molecule has 0 spiro atoms. The highest BCUT2D eigenvalue weighted by molar-refractivity contribution is 9.09. The standard InChI is InChI=1S/C16H24BrNO2/c1-13-3-4-16(19-2)14(11-13)12-18-8-5-15(6-9-18)20-10-7-17/h3-4,11,15H,5-10,12H2,1-2H3. The maximum absolute atomic E-state index is 5.80. The van der Waals surface area contributed by atoms with Gasteiger partial charge in [0.1, 0.15) is 5.75 Å². The molecule has 1 fully saturated rings. The van der Waals surface area contributed by atoms with Gasteiger partial charge in [0.15, 0.2) is 0 Å². The Labute approximate surface area is 130 Å². The van der Waals surface area contributed by atoms with Crippen molar-refractivity contribution in [1.29, 1.82) is 0 Å². The second-order valence-electron chi connectivity index (χ2n) is 5.35. The first-order chi connectivity index (χ1) is 9.72. The number of piperidine rings is 1. The molecule has 0 bridgehead atoms. The van der Waals surface area contributed by atoms with Gasteiger partial charge in [-0.15, -0.1) is 0 Å². The summed E-state index contributed by atoms with van der Waals surface area (Å²) in [6, 6.07) is 6.39. The summed E-state index contributed by atoms with van der Waals surface area (Å²) in [5.74, 6) is 0.994. The molecule has 1 aromatic rings. The van der Waals surface area contributed by atoms with Crippen molar-refractivity contribution in [2.45, 2.75) is 32.4 Å². The zero-order valence-electron chi connectivity index (χ0n) is 12.4. The van der Waals surface area contributed by atoms with Crippen molar-refractivity contribution in [2.75, 3.05) is 32.1 Å². The van der Waals surface area contributed by atoms with Gasteiger partial charge in [-0.1, -0.05) is 33.6 Å². The number of alkyl halides is 1. The highest BCUT2D eigenvalue weighted by Gasteiger charge is 2.20. The fourth-order valence-corrected chi connectivity index (χ4v) is 2.90. The van der Waals surface area contributed by atoms with Crippen LogP contribution < -0.4 is 4.74 Å². The number of benzene rings is 1. The third-order valence-corrected chi connectivity index (χ3v) is 4.12. The number of aryl methyl sites for hydroxylation is 1. The summed E-state index contributed by atoms with van der Waals surface area (Å²) in [6.07, 6.45) is 2.69. The van der Waals surface area contributed by atoms with Crippen LogP contribution in [0.25, 0.3) is 0 Å². The molecular weight excluding hydrogens is 318 g/mol. The Morgan fingerprint density at radius 2 is 2.05 bits per heavy atom. The summed E-state index contributed by atoms with van der Waals surface area (Å²) in [5.41, 5.74) is 2.57. The van der Waals surface area contributed by atoms with Crippen LogP contribution in [-0.4, -0.2) is 43.1 Å². The molecule has 1 aliphatic rings. The van der Waals surface area contributed by atoms with Crippen LogP contribution in [0.5, 0.6) is 5.75 Å². The van der Waals surface area contributed by atoms with E-state index in [0.29, 0.717) is 6.10 Å². The van der Waals surface area contributed by atoms with Crippen LogP contribution in [0.1, 0.15) is 24.0 Å². The number of rotatable bonds is 6. The van der Waals surface area contributed by atoms with E-state index < -0.39 is 0 Å². The molecule has 0 aromatic heterocycles. The molecule has 0 aliphatic carbocycles. The highest BCUT2D eigenvalue weighted by atomic mass is 79.9. The van der Waals surface area contributed by atoms with E-state index in [1.165, 1.54) is 11.1 Å². The first-order valence-corrected chi connectivity index (χ1v) is 8.38. The van der Waals surface area contributed by atoms with Gasteiger partial charge in [-0.3, -0.25) is 4.90 Å². The zero-order valence-corrected chi connectivity index (χ0v) is 14.0. The Hall–Kier alpha value is -0.580. The van der Waals surface area contributed by atoms with Gasteiger partial charge < -0.3 is 9.47 Å². The number of nitrogens with zero attached hydrogens (tertiary/aromatic N) is 1. The SMILES string of the molecule is COc1ccc(C)cc1CN1CCC(OCCBr)CC1. The van der Waals surface area contributed by atoms with Crippen molar-refractivity contribution in [3.05, 3.63) is 29.3 Å². The number of halogens is 1. The molecule has 3 nitrogen and oxygen atoms in total. The molecule has 1 heterocycles. The molecule has 0 N–H and O–H groups in total. The molecule has 112 valence electrons. The molecule has 2 rings (SSSR count). The van der Waals surface area contributed by atoms with Crippen LogP contribution in [0.15, 0.2) is 18.2 Å². The van der Waals surface area contributed by atoms with Crippen molar-refractivity contribution in [2.24, 2.45) is 0 Å². The average Bonchev–Trinajstić information content (AvgIpc) is 2.47. The Morgan fingerprint density at radius 1 is 1.30 bits per heavy atom. The predicted molar refractivity (Wildman–Crippen MR) is 85.8 cm³/mol. The second kappa shape index (κ2) is 8.01. The normalized spacial score (nSPS) is 17.4. The lowest BCUT2D eigenvalue weighted by atomic mass is 10.1. The largest absolute Gasteiger partial charge is 0.496 e. The smallest absolute Gasteiger partial charge is 0.123 e. The second-order valence-corrected chi connectivity index (χ2v) is 6.14. The lowest BCUT2D eigenvalue weighted by molar-refractivity contribution is 0.0140. The minimum absolute atomic E-state index is 0.434. The van der Waals surface area contributed by atoms with Gasteiger partial charge in [-0.05, 0) is 25.8 Å². The van der Waals surface area contributed by atoms with E-state index in [0.717, 1.165) is 50.2 Å². The predicted octanol–water partition coefficient (Wildman–Crippen LogP) is 3.38. The minimum atomic E-state index is 0.434. The number of likely N-dealkylation sites (tertiary alicyclic amines) is 1. The molecule has 1 saturated heterocycles. The topological polar surface area (TPSA) is 21.7 Å². The van der Waals surface area contributed by atoms with Crippen LogP contribution in [0, 0.1) is 6.92 Å². The van der Waals surface area contributed by atoms with E-state index in [-0.39, 0.29) is 0 Å². The summed E-state index contributed by atoms with van der Waals surface area (Å²) in [5, 5.41) is 0.924.